The van der Waals surface area contributed by atoms with Crippen molar-refractivity contribution in [3.05, 3.63) is 64.6 Å². The van der Waals surface area contributed by atoms with Crippen LogP contribution in [0.3, 0.4) is 0 Å². The molecule has 27 heavy (non-hydrogen) atoms. The van der Waals surface area contributed by atoms with Gasteiger partial charge in [-0.3, -0.25) is 4.79 Å². The van der Waals surface area contributed by atoms with E-state index >= 15 is 0 Å². The number of rotatable bonds is 4. The molecule has 0 saturated carbocycles. The summed E-state index contributed by atoms with van der Waals surface area (Å²) in [6.07, 6.45) is -3.00. The maximum atomic E-state index is 12.3. The summed E-state index contributed by atoms with van der Waals surface area (Å²) in [5, 5.41) is -0.956. The highest BCUT2D eigenvalue weighted by Crippen LogP contribution is 2.33. The van der Waals surface area contributed by atoms with Gasteiger partial charge in [-0.1, -0.05) is 29.8 Å². The lowest BCUT2D eigenvalue weighted by molar-refractivity contribution is -0.153. The van der Waals surface area contributed by atoms with Crippen molar-refractivity contribution in [1.82, 2.24) is 4.98 Å². The van der Waals surface area contributed by atoms with Gasteiger partial charge in [0.05, 0.1) is 28.9 Å². The fraction of sp³-hybridized carbons (Fsp3) is 0.167. The average Bonchev–Trinajstić information content (AvgIpc) is 2.59. The molecule has 0 aliphatic rings. The summed E-state index contributed by atoms with van der Waals surface area (Å²) in [6.45, 7) is -1.45. The van der Waals surface area contributed by atoms with E-state index < -0.39 is 23.5 Å². The Morgan fingerprint density at radius 2 is 1.67 bits per heavy atom. The molecule has 9 heteroatoms. The molecule has 0 amide bonds. The molecule has 3 nitrogen and oxygen atoms in total. The second-order valence-corrected chi connectivity index (χ2v) is 6.12. The predicted molar refractivity (Wildman–Crippen MR) is 100 cm³/mol. The molecule has 0 aliphatic carbocycles. The third-order valence-electron chi connectivity index (χ3n) is 3.96. The van der Waals surface area contributed by atoms with Gasteiger partial charge in [0.1, 0.15) is 5.75 Å². The van der Waals surface area contributed by atoms with Gasteiger partial charge < -0.3 is 9.72 Å². The Balaban J connectivity index is 2.15. The molecule has 0 unspecified atom stereocenters. The topological polar surface area (TPSA) is 42.1 Å². The van der Waals surface area contributed by atoms with Crippen molar-refractivity contribution in [2.45, 2.75) is 11.3 Å². The average molecular weight is 363 g/mol. The number of aromatic amines is 1. The molecule has 0 aliphatic heterocycles. The molecule has 3 aromatic rings. The Morgan fingerprint density at radius 1 is 0.963 bits per heavy atom. The quantitative estimate of drug-likeness (QED) is 0.725. The number of H-pyrrole nitrogens is 1. The summed E-state index contributed by atoms with van der Waals surface area (Å²) < 4.78 is 41.8. The second-order valence-electron chi connectivity index (χ2n) is 6.12. The van der Waals surface area contributed by atoms with Crippen molar-refractivity contribution in [3.8, 4) is 16.9 Å². The van der Waals surface area contributed by atoms with Gasteiger partial charge in [0.2, 0.25) is 0 Å². The maximum absolute atomic E-state index is 12.3. The Morgan fingerprint density at radius 3 is 2.33 bits per heavy atom. The van der Waals surface area contributed by atoms with Crippen molar-refractivity contribution in [1.29, 1.82) is 0 Å². The second kappa shape index (κ2) is 6.87. The number of pyridine rings is 1. The number of halogens is 3. The first kappa shape index (κ1) is 19.2. The van der Waals surface area contributed by atoms with E-state index in [0.29, 0.717) is 22.1 Å². The fourth-order valence-corrected chi connectivity index (χ4v) is 2.81. The van der Waals surface area contributed by atoms with Crippen molar-refractivity contribution in [3.63, 3.8) is 0 Å². The molecular formula is C18H11B3F3NO2. The smallest absolute Gasteiger partial charge is 0.422 e. The number of nitrogens with one attached hydrogen (secondary N) is 1. The zero-order valence-corrected chi connectivity index (χ0v) is 14.0. The van der Waals surface area contributed by atoms with E-state index in [-0.39, 0.29) is 11.1 Å². The number of hydrogen-bond donors (Lipinski definition) is 1. The Bertz CT molecular complexity index is 1040. The van der Waals surface area contributed by atoms with Crippen LogP contribution >= 0.6 is 0 Å². The van der Waals surface area contributed by atoms with Crippen molar-refractivity contribution in [2.75, 3.05) is 6.61 Å². The third-order valence-corrected chi connectivity index (χ3v) is 3.96. The van der Waals surface area contributed by atoms with Gasteiger partial charge in [0, 0.05) is 11.8 Å². The maximum Gasteiger partial charge on any atom is 0.422 e. The number of ether oxygens (including phenoxy) is 1. The number of fused-ring (bicyclic) bond motifs is 1. The molecular weight excluding hydrogens is 352 g/mol. The summed E-state index contributed by atoms with van der Waals surface area (Å²) in [4.78, 5) is 14.8. The minimum atomic E-state index is -4.48. The van der Waals surface area contributed by atoms with Crippen LogP contribution in [0.1, 0.15) is 5.56 Å². The summed E-state index contributed by atoms with van der Waals surface area (Å²) in [5.74, 6) is -0.0680. The molecule has 2 aromatic carbocycles. The Kier molecular flexibility index (Phi) is 4.89. The normalized spacial score (nSPS) is 12.3. The largest absolute Gasteiger partial charge is 0.484 e. The van der Waals surface area contributed by atoms with Crippen LogP contribution in [0.4, 0.5) is 13.2 Å². The molecule has 3 rings (SSSR count). The van der Waals surface area contributed by atoms with Crippen LogP contribution in [0.5, 0.6) is 5.75 Å². The third kappa shape index (κ3) is 4.23. The van der Waals surface area contributed by atoms with E-state index in [1.54, 1.807) is 24.3 Å². The van der Waals surface area contributed by atoms with Crippen LogP contribution < -0.4 is 10.3 Å². The summed E-state index contributed by atoms with van der Waals surface area (Å²) in [6, 6.07) is 11.0. The van der Waals surface area contributed by atoms with Gasteiger partial charge in [-0.15, -0.1) is 5.11 Å². The molecule has 0 bridgehead atoms. The molecule has 0 spiro atoms. The molecule has 0 fully saturated rings. The SMILES string of the molecule is [B]C([B])([B])c1ccccc1-c1c[nH]c(=O)c2cc(OCC(F)(F)F)ccc12. The van der Waals surface area contributed by atoms with Crippen LogP contribution in [0.15, 0.2) is 53.5 Å². The first-order chi connectivity index (χ1) is 12.6. The molecule has 1 heterocycles. The predicted octanol–water partition coefficient (Wildman–Crippen LogP) is 2.75. The van der Waals surface area contributed by atoms with Crippen molar-refractivity contribution < 1.29 is 17.9 Å². The van der Waals surface area contributed by atoms with E-state index in [1.807, 2.05) is 0 Å². The Hall–Kier alpha value is -2.57. The monoisotopic (exact) mass is 363 g/mol. The minimum Gasteiger partial charge on any atom is -0.484 e. The number of alkyl halides is 3. The van der Waals surface area contributed by atoms with Crippen LogP contribution in [0.2, 0.25) is 0 Å². The zero-order chi connectivity index (χ0) is 19.8. The summed E-state index contributed by atoms with van der Waals surface area (Å²) in [5.41, 5.74) is 1.14. The van der Waals surface area contributed by atoms with Gasteiger partial charge in [-0.25, -0.2) is 0 Å². The lowest BCUT2D eigenvalue weighted by Gasteiger charge is -2.24. The van der Waals surface area contributed by atoms with Crippen molar-refractivity contribution in [2.24, 2.45) is 0 Å². The standard InChI is InChI=1S/C18H11B3F3NO2/c19-18(20,21)15-4-2-1-3-12(15)14-8-25-16(26)13-7-10(5-6-11(13)14)27-9-17(22,23)24/h1-8H,9H2,(H,25,26). The van der Waals surface area contributed by atoms with Gasteiger partial charge in [0.15, 0.2) is 6.61 Å². The van der Waals surface area contributed by atoms with Crippen LogP contribution in [-0.2, 0) is 5.11 Å². The van der Waals surface area contributed by atoms with Gasteiger partial charge in [-0.2, -0.15) is 13.2 Å². The lowest BCUT2D eigenvalue weighted by Crippen LogP contribution is -2.27. The van der Waals surface area contributed by atoms with Gasteiger partial charge >= 0.3 is 6.18 Å². The molecule has 0 saturated heterocycles. The van der Waals surface area contributed by atoms with Gasteiger partial charge in [-0.05, 0) is 29.1 Å². The highest BCUT2D eigenvalue weighted by atomic mass is 19.4. The first-order valence-corrected chi connectivity index (χ1v) is 7.88. The van der Waals surface area contributed by atoms with E-state index in [9.17, 15) is 18.0 Å². The number of benzene rings is 2. The summed E-state index contributed by atoms with van der Waals surface area (Å²) in [7, 11) is 17.5. The molecule has 6 radical (unpaired) electrons. The highest BCUT2D eigenvalue weighted by molar-refractivity contribution is 6.59. The van der Waals surface area contributed by atoms with Crippen LogP contribution in [0, 0.1) is 0 Å². The van der Waals surface area contributed by atoms with Crippen LogP contribution in [-0.4, -0.2) is 41.3 Å². The summed E-state index contributed by atoms with van der Waals surface area (Å²) >= 11 is 0. The van der Waals surface area contributed by atoms with E-state index in [2.05, 4.69) is 4.98 Å². The lowest BCUT2D eigenvalue weighted by atomic mass is 9.39. The number of hydrogen-bond acceptors (Lipinski definition) is 2. The van der Waals surface area contributed by atoms with Crippen molar-refractivity contribution >= 4 is 34.3 Å². The molecule has 1 aromatic heterocycles. The Labute approximate surface area is 157 Å². The van der Waals surface area contributed by atoms with E-state index in [0.717, 1.165) is 0 Å². The molecule has 0 atom stereocenters. The van der Waals surface area contributed by atoms with E-state index in [1.165, 1.54) is 24.4 Å². The van der Waals surface area contributed by atoms with Gasteiger partial charge in [0.25, 0.3) is 5.56 Å². The number of aromatic nitrogens is 1. The van der Waals surface area contributed by atoms with E-state index in [4.69, 9.17) is 28.3 Å². The minimum absolute atomic E-state index is 0.0680. The fourth-order valence-electron chi connectivity index (χ4n) is 2.81. The molecule has 1 N–H and O–H groups in total. The van der Waals surface area contributed by atoms with Crippen LogP contribution in [0.25, 0.3) is 21.9 Å². The molecule has 130 valence electrons. The first-order valence-electron chi connectivity index (χ1n) is 7.88. The zero-order valence-electron chi connectivity index (χ0n) is 14.0. The highest BCUT2D eigenvalue weighted by Gasteiger charge is 2.28.